The molecule has 362 valence electrons. The first-order valence-corrected chi connectivity index (χ1v) is 27.4. The molecule has 0 bridgehead atoms. The first kappa shape index (κ1) is 51.2. The number of esters is 1. The van der Waals surface area contributed by atoms with Crippen molar-refractivity contribution in [3.8, 4) is 11.5 Å². The highest BCUT2D eigenvalue weighted by atomic mass is 16.5. The second-order valence-corrected chi connectivity index (χ2v) is 22.2. The van der Waals surface area contributed by atoms with E-state index in [1.807, 2.05) is 48.5 Å². The average molecular weight is 893 g/mol. The molecule has 0 unspecified atom stereocenters. The van der Waals surface area contributed by atoms with Crippen LogP contribution in [0.2, 0.25) is 0 Å². The van der Waals surface area contributed by atoms with E-state index in [1.165, 1.54) is 128 Å². The van der Waals surface area contributed by atoms with E-state index in [4.69, 9.17) is 14.2 Å². The Morgan fingerprint density at radius 2 is 1.22 bits per heavy atom. The highest BCUT2D eigenvalue weighted by Gasteiger charge is 2.59. The van der Waals surface area contributed by atoms with E-state index < -0.39 is 0 Å². The van der Waals surface area contributed by atoms with E-state index in [0.717, 1.165) is 110 Å². The van der Waals surface area contributed by atoms with Gasteiger partial charge in [-0.05, 0) is 159 Å². The third kappa shape index (κ3) is 15.2. The SMILES string of the molecule is CCCCCCCCOc1ccc(N=Nc2ccc(OCCCCCCCCCCCC(=O)O[C@H]3CC[C@@]4(C)C(=CC[C@H]5[C@@H]6CC[C@H]([C@H](C)CCCC(C)C)[C@@]6(C)CC[C@@H]54)C3)cc2)cc1. The zero-order valence-corrected chi connectivity index (χ0v) is 42.3. The Balaban J connectivity index is 0.763. The molecule has 3 saturated carbocycles. The van der Waals surface area contributed by atoms with Crippen molar-refractivity contribution in [2.45, 2.75) is 221 Å². The Labute approximate surface area is 397 Å². The lowest BCUT2D eigenvalue weighted by molar-refractivity contribution is -0.151. The quantitative estimate of drug-likeness (QED) is 0.0353. The van der Waals surface area contributed by atoms with E-state index in [-0.39, 0.29) is 12.1 Å². The number of nitrogens with zero attached hydrogens (tertiary/aromatic N) is 2. The summed E-state index contributed by atoms with van der Waals surface area (Å²) in [7, 11) is 0. The van der Waals surface area contributed by atoms with Gasteiger partial charge in [0.1, 0.15) is 17.6 Å². The molecule has 6 heteroatoms. The van der Waals surface area contributed by atoms with Gasteiger partial charge in [0.2, 0.25) is 0 Å². The molecule has 0 aliphatic heterocycles. The van der Waals surface area contributed by atoms with Gasteiger partial charge in [-0.25, -0.2) is 0 Å². The summed E-state index contributed by atoms with van der Waals surface area (Å²) in [5.41, 5.74) is 4.09. The van der Waals surface area contributed by atoms with Crippen molar-refractivity contribution in [2.24, 2.45) is 56.6 Å². The Hall–Kier alpha value is -3.15. The molecular formula is C59H92N2O4. The van der Waals surface area contributed by atoms with Crippen LogP contribution in [0.4, 0.5) is 11.4 Å². The normalized spacial score (nSPS) is 26.6. The number of ether oxygens (including phenoxy) is 3. The molecule has 2 aromatic rings. The van der Waals surface area contributed by atoms with E-state index >= 15 is 0 Å². The number of fused-ring (bicyclic) bond motifs is 5. The van der Waals surface area contributed by atoms with Gasteiger partial charge in [0.15, 0.2) is 0 Å². The van der Waals surface area contributed by atoms with Crippen molar-refractivity contribution >= 4 is 17.3 Å². The third-order valence-electron chi connectivity index (χ3n) is 17.1. The molecule has 3 fully saturated rings. The number of allylic oxidation sites excluding steroid dienone is 1. The highest BCUT2D eigenvalue weighted by molar-refractivity contribution is 5.69. The fourth-order valence-corrected chi connectivity index (χ4v) is 13.2. The van der Waals surface area contributed by atoms with Crippen LogP contribution in [0.3, 0.4) is 0 Å². The molecule has 0 saturated heterocycles. The molecule has 65 heavy (non-hydrogen) atoms. The summed E-state index contributed by atoms with van der Waals surface area (Å²) in [4.78, 5) is 13.0. The van der Waals surface area contributed by atoms with Crippen LogP contribution < -0.4 is 9.47 Å². The molecule has 0 amide bonds. The number of hydrogen-bond donors (Lipinski definition) is 0. The Kier molecular flexibility index (Phi) is 20.8. The summed E-state index contributed by atoms with van der Waals surface area (Å²) in [6, 6.07) is 15.7. The van der Waals surface area contributed by atoms with E-state index in [1.54, 1.807) is 5.57 Å². The maximum Gasteiger partial charge on any atom is 0.306 e. The van der Waals surface area contributed by atoms with Crippen molar-refractivity contribution in [1.29, 1.82) is 0 Å². The Morgan fingerprint density at radius 1 is 0.646 bits per heavy atom. The zero-order valence-electron chi connectivity index (χ0n) is 42.3. The summed E-state index contributed by atoms with van der Waals surface area (Å²) in [6.45, 7) is 16.4. The number of carbonyl (C=O) groups is 1. The van der Waals surface area contributed by atoms with Crippen molar-refractivity contribution in [1.82, 2.24) is 0 Å². The number of carbonyl (C=O) groups excluding carboxylic acids is 1. The van der Waals surface area contributed by atoms with Crippen molar-refractivity contribution < 1.29 is 19.0 Å². The molecule has 8 atom stereocenters. The van der Waals surface area contributed by atoms with Gasteiger partial charge in [0.05, 0.1) is 24.6 Å². The van der Waals surface area contributed by atoms with Crippen LogP contribution in [0.25, 0.3) is 0 Å². The summed E-state index contributed by atoms with van der Waals surface area (Å²) >= 11 is 0. The maximum atomic E-state index is 13.0. The lowest BCUT2D eigenvalue weighted by Crippen LogP contribution is -2.51. The van der Waals surface area contributed by atoms with Gasteiger partial charge in [0.25, 0.3) is 0 Å². The minimum Gasteiger partial charge on any atom is -0.494 e. The Morgan fingerprint density at radius 3 is 1.80 bits per heavy atom. The number of azo groups is 1. The standard InChI is InChI=1S/C59H92N2O4/c1-7-8-9-10-17-20-42-63-50-31-27-48(28-32-50)60-61-49-29-33-51(34-30-49)64-43-21-18-15-13-11-12-14-16-19-25-57(62)65-52-38-40-58(5)47(44-52)26-35-53-55-37-36-54(46(4)24-22-23-45(2)3)59(55,6)41-39-56(53)58/h26-34,45-46,52-56H,7-25,35-44H2,1-6H3/t46-,52+,53+,54-,55+,56+,58+,59-/m1/s1. The van der Waals surface area contributed by atoms with Crippen molar-refractivity contribution in [2.75, 3.05) is 13.2 Å². The van der Waals surface area contributed by atoms with Crippen LogP contribution in [0.1, 0.15) is 215 Å². The van der Waals surface area contributed by atoms with Crippen molar-refractivity contribution in [3.63, 3.8) is 0 Å². The molecule has 0 spiro atoms. The molecule has 4 aliphatic rings. The summed E-state index contributed by atoms with van der Waals surface area (Å²) in [5.74, 6) is 6.96. The van der Waals surface area contributed by atoms with Gasteiger partial charge in [0, 0.05) is 12.8 Å². The molecule has 6 rings (SSSR count). The van der Waals surface area contributed by atoms with Crippen LogP contribution >= 0.6 is 0 Å². The second-order valence-electron chi connectivity index (χ2n) is 22.2. The van der Waals surface area contributed by atoms with Crippen LogP contribution in [0.15, 0.2) is 70.4 Å². The number of benzene rings is 2. The molecular weight excluding hydrogens is 801 g/mol. The molecule has 0 aromatic heterocycles. The van der Waals surface area contributed by atoms with Gasteiger partial charge >= 0.3 is 5.97 Å². The first-order chi connectivity index (χ1) is 31.6. The minimum atomic E-state index is 0.0334. The Bertz CT molecular complexity index is 1740. The van der Waals surface area contributed by atoms with Gasteiger partial charge in [-0.3, -0.25) is 4.79 Å². The third-order valence-corrected chi connectivity index (χ3v) is 17.1. The van der Waals surface area contributed by atoms with E-state index in [0.29, 0.717) is 17.3 Å². The topological polar surface area (TPSA) is 69.5 Å². The fourth-order valence-electron chi connectivity index (χ4n) is 13.2. The van der Waals surface area contributed by atoms with Crippen LogP contribution in [-0.4, -0.2) is 25.3 Å². The van der Waals surface area contributed by atoms with E-state index in [9.17, 15) is 4.79 Å². The maximum absolute atomic E-state index is 13.0. The molecule has 0 heterocycles. The highest BCUT2D eigenvalue weighted by Crippen LogP contribution is 2.67. The van der Waals surface area contributed by atoms with E-state index in [2.05, 4.69) is 57.8 Å². The van der Waals surface area contributed by atoms with Gasteiger partial charge in [-0.15, -0.1) is 0 Å². The summed E-state index contributed by atoms with van der Waals surface area (Å²) in [5, 5.41) is 8.79. The number of hydrogen-bond acceptors (Lipinski definition) is 6. The second kappa shape index (κ2) is 26.4. The zero-order chi connectivity index (χ0) is 45.9. The van der Waals surface area contributed by atoms with Gasteiger partial charge < -0.3 is 14.2 Å². The predicted octanol–water partition coefficient (Wildman–Crippen LogP) is 18.1. The average Bonchev–Trinajstić information content (AvgIpc) is 3.66. The predicted molar refractivity (Wildman–Crippen MR) is 271 cm³/mol. The molecule has 4 aliphatic carbocycles. The largest absolute Gasteiger partial charge is 0.494 e. The number of rotatable bonds is 29. The molecule has 0 radical (unpaired) electrons. The fraction of sp³-hybridized carbons (Fsp3) is 0.746. The van der Waals surface area contributed by atoms with Crippen LogP contribution in [0, 0.1) is 46.3 Å². The summed E-state index contributed by atoms with van der Waals surface area (Å²) < 4.78 is 18.0. The van der Waals surface area contributed by atoms with Crippen LogP contribution in [-0.2, 0) is 9.53 Å². The minimum absolute atomic E-state index is 0.0334. The summed E-state index contributed by atoms with van der Waals surface area (Å²) in [6.07, 6.45) is 35.9. The van der Waals surface area contributed by atoms with Crippen LogP contribution in [0.5, 0.6) is 11.5 Å². The lowest BCUT2D eigenvalue weighted by Gasteiger charge is -2.58. The molecule has 2 aromatic carbocycles. The molecule has 6 nitrogen and oxygen atoms in total. The molecule has 0 N–H and O–H groups in total. The van der Waals surface area contributed by atoms with Gasteiger partial charge in [-0.2, -0.15) is 10.2 Å². The van der Waals surface area contributed by atoms with Gasteiger partial charge in [-0.1, -0.05) is 150 Å². The number of unbranched alkanes of at least 4 members (excludes halogenated alkanes) is 13. The first-order valence-electron chi connectivity index (χ1n) is 27.4. The van der Waals surface area contributed by atoms with Crippen molar-refractivity contribution in [3.05, 3.63) is 60.2 Å². The smallest absolute Gasteiger partial charge is 0.306 e. The lowest BCUT2D eigenvalue weighted by atomic mass is 9.47. The monoisotopic (exact) mass is 893 g/mol.